The third-order valence-electron chi connectivity index (χ3n) is 5.03. The maximum Gasteiger partial charge on any atom is 0.338 e. The molecule has 8 nitrogen and oxygen atoms in total. The van der Waals surface area contributed by atoms with Gasteiger partial charge in [0.15, 0.2) is 0 Å². The fraction of sp³-hybridized carbons (Fsp3) is 0.0385. The second-order valence-electron chi connectivity index (χ2n) is 7.31. The largest absolute Gasteiger partial charge is 0.478 e. The lowest BCUT2D eigenvalue weighted by Crippen LogP contribution is -2.33. The number of aromatic nitrogens is 2. The second-order valence-corrected chi connectivity index (χ2v) is 7.31. The molecule has 0 aliphatic heterocycles. The van der Waals surface area contributed by atoms with Crippen molar-refractivity contribution in [2.45, 2.75) is 0 Å². The molecule has 4 aromatic rings. The normalized spacial score (nSPS) is 11.4. The number of hydrogen-bond donors (Lipinski definition) is 2. The van der Waals surface area contributed by atoms with E-state index in [4.69, 9.17) is 14.3 Å². The second kappa shape index (κ2) is 9.33. The molecule has 0 amide bonds. The Balaban J connectivity index is 1.61. The number of furan rings is 1. The molecule has 2 aromatic carbocycles. The number of nitrogens with zero attached hydrogens (tertiary/aromatic N) is 1. The molecule has 34 heavy (non-hydrogen) atoms. The van der Waals surface area contributed by atoms with Gasteiger partial charge in [0.1, 0.15) is 18.1 Å². The van der Waals surface area contributed by atoms with Gasteiger partial charge in [0, 0.05) is 5.56 Å². The third-order valence-corrected chi connectivity index (χ3v) is 5.03. The highest BCUT2D eigenvalue weighted by Gasteiger charge is 2.10. The molecule has 0 aliphatic carbocycles. The molecule has 0 saturated heterocycles. The summed E-state index contributed by atoms with van der Waals surface area (Å²) < 4.78 is 12.2. The number of hydrogen-bond acceptors (Lipinski definition) is 5. The van der Waals surface area contributed by atoms with Crippen molar-refractivity contribution in [2.75, 3.05) is 6.61 Å². The number of aromatic amines is 1. The van der Waals surface area contributed by atoms with Crippen LogP contribution in [0.3, 0.4) is 0 Å². The molecule has 0 atom stereocenters. The SMILES string of the molecule is C=CCOC(=O)c1ccc(-c2ccc(/C=c3/c(=C)[nH]n(-c4ccc(C(=O)O)cc4)c3=O)o2)cc1. The quantitative estimate of drug-likeness (QED) is 0.326. The fourth-order valence-corrected chi connectivity index (χ4v) is 3.30. The number of ether oxygens (including phenoxy) is 1. The Labute approximate surface area is 193 Å². The molecule has 0 fully saturated rings. The molecule has 0 saturated carbocycles. The Bertz CT molecular complexity index is 1540. The number of nitrogens with one attached hydrogen (secondary N) is 1. The lowest BCUT2D eigenvalue weighted by molar-refractivity contribution is 0.0549. The Hall–Kier alpha value is -4.85. The van der Waals surface area contributed by atoms with E-state index in [2.05, 4.69) is 18.3 Å². The maximum absolute atomic E-state index is 12.9. The van der Waals surface area contributed by atoms with Crippen LogP contribution < -0.4 is 16.1 Å². The van der Waals surface area contributed by atoms with Crippen LogP contribution in [0, 0.1) is 0 Å². The van der Waals surface area contributed by atoms with Crippen LogP contribution in [-0.2, 0) is 4.74 Å². The van der Waals surface area contributed by atoms with Gasteiger partial charge in [0.05, 0.1) is 27.4 Å². The van der Waals surface area contributed by atoms with Crippen molar-refractivity contribution in [1.82, 2.24) is 9.78 Å². The lowest BCUT2D eigenvalue weighted by atomic mass is 10.1. The molecule has 0 radical (unpaired) electrons. The number of H-pyrrole nitrogens is 1. The molecule has 2 aromatic heterocycles. The van der Waals surface area contributed by atoms with Gasteiger partial charge >= 0.3 is 11.9 Å². The molecule has 8 heteroatoms. The van der Waals surface area contributed by atoms with Gasteiger partial charge < -0.3 is 14.3 Å². The molecule has 0 unspecified atom stereocenters. The molecule has 2 heterocycles. The lowest BCUT2D eigenvalue weighted by Gasteiger charge is -2.02. The van der Waals surface area contributed by atoms with Crippen molar-refractivity contribution in [3.8, 4) is 17.0 Å². The van der Waals surface area contributed by atoms with Crippen molar-refractivity contribution in [3.63, 3.8) is 0 Å². The first-order valence-electron chi connectivity index (χ1n) is 10.2. The minimum absolute atomic E-state index is 0.120. The van der Waals surface area contributed by atoms with Crippen LogP contribution in [0.2, 0.25) is 0 Å². The van der Waals surface area contributed by atoms with E-state index in [1.54, 1.807) is 42.5 Å². The first-order chi connectivity index (χ1) is 16.4. The molecule has 2 N–H and O–H groups in total. The van der Waals surface area contributed by atoms with E-state index < -0.39 is 11.9 Å². The highest BCUT2D eigenvalue weighted by Crippen LogP contribution is 2.23. The van der Waals surface area contributed by atoms with E-state index >= 15 is 0 Å². The predicted octanol–water partition coefficient (Wildman–Crippen LogP) is 2.71. The molecular formula is C26H20N2O6. The van der Waals surface area contributed by atoms with Crippen molar-refractivity contribution in [3.05, 3.63) is 111 Å². The highest BCUT2D eigenvalue weighted by molar-refractivity contribution is 5.90. The maximum atomic E-state index is 12.9. The summed E-state index contributed by atoms with van der Waals surface area (Å²) in [6, 6.07) is 16.1. The highest BCUT2D eigenvalue weighted by atomic mass is 16.5. The van der Waals surface area contributed by atoms with Crippen molar-refractivity contribution in [1.29, 1.82) is 0 Å². The Morgan fingerprint density at radius 2 is 1.71 bits per heavy atom. The zero-order valence-electron chi connectivity index (χ0n) is 18.0. The van der Waals surface area contributed by atoms with Crippen LogP contribution in [-0.4, -0.2) is 33.4 Å². The number of aromatic carboxylic acids is 1. The summed E-state index contributed by atoms with van der Waals surface area (Å²) in [5.41, 5.74) is 1.41. The fourth-order valence-electron chi connectivity index (χ4n) is 3.30. The van der Waals surface area contributed by atoms with Gasteiger partial charge in [-0.25, -0.2) is 14.3 Å². The summed E-state index contributed by atoms with van der Waals surface area (Å²) in [6.45, 7) is 7.54. The topological polar surface area (TPSA) is 115 Å². The average molecular weight is 456 g/mol. The molecular weight excluding hydrogens is 436 g/mol. The van der Waals surface area contributed by atoms with E-state index in [1.807, 2.05) is 0 Å². The summed E-state index contributed by atoms with van der Waals surface area (Å²) in [5.74, 6) is -0.487. The van der Waals surface area contributed by atoms with Gasteiger partial charge in [0.25, 0.3) is 5.56 Å². The summed E-state index contributed by atoms with van der Waals surface area (Å²) in [5, 5.41) is 12.6. The average Bonchev–Trinajstić information content (AvgIpc) is 3.43. The van der Waals surface area contributed by atoms with E-state index in [0.29, 0.717) is 33.3 Å². The number of rotatable bonds is 7. The van der Waals surface area contributed by atoms with E-state index in [9.17, 15) is 14.4 Å². The number of carbonyl (C=O) groups is 2. The van der Waals surface area contributed by atoms with Crippen LogP contribution in [0.25, 0.3) is 29.7 Å². The number of carbonyl (C=O) groups excluding carboxylic acids is 1. The van der Waals surface area contributed by atoms with Gasteiger partial charge in [-0.05, 0) is 54.6 Å². The van der Waals surface area contributed by atoms with Crippen LogP contribution in [0.1, 0.15) is 26.5 Å². The van der Waals surface area contributed by atoms with Crippen molar-refractivity contribution >= 4 is 24.6 Å². The van der Waals surface area contributed by atoms with Gasteiger partial charge in [0.2, 0.25) is 0 Å². The first-order valence-corrected chi connectivity index (χ1v) is 10.2. The predicted molar refractivity (Wildman–Crippen MR) is 126 cm³/mol. The van der Waals surface area contributed by atoms with Gasteiger partial charge in [-0.1, -0.05) is 31.4 Å². The number of esters is 1. The number of benzene rings is 2. The Kier molecular flexibility index (Phi) is 6.13. The summed E-state index contributed by atoms with van der Waals surface area (Å²) >= 11 is 0. The summed E-state index contributed by atoms with van der Waals surface area (Å²) in [7, 11) is 0. The van der Waals surface area contributed by atoms with E-state index in [1.165, 1.54) is 35.0 Å². The first kappa shape index (κ1) is 22.3. The van der Waals surface area contributed by atoms with Crippen LogP contribution in [0.15, 0.2) is 82.5 Å². The minimum Gasteiger partial charge on any atom is -0.478 e. The Morgan fingerprint density at radius 3 is 2.35 bits per heavy atom. The number of carboxylic acid groups (broad SMARTS) is 1. The zero-order chi connectivity index (χ0) is 24.2. The number of carboxylic acids is 1. The van der Waals surface area contributed by atoms with Crippen LogP contribution in [0.4, 0.5) is 0 Å². The molecule has 170 valence electrons. The van der Waals surface area contributed by atoms with E-state index in [0.717, 1.165) is 5.56 Å². The summed E-state index contributed by atoms with van der Waals surface area (Å²) in [6.07, 6.45) is 3.08. The van der Waals surface area contributed by atoms with Gasteiger partial charge in [-0.3, -0.25) is 9.89 Å². The van der Waals surface area contributed by atoms with Crippen molar-refractivity contribution in [2.24, 2.45) is 0 Å². The van der Waals surface area contributed by atoms with Gasteiger partial charge in [-0.2, -0.15) is 0 Å². The third kappa shape index (κ3) is 4.51. The van der Waals surface area contributed by atoms with Crippen LogP contribution >= 0.6 is 0 Å². The standard InChI is InChI=1S/C26H20N2O6/c1-3-14-33-26(32)19-6-4-17(5-7-19)23-13-12-21(34-23)15-22-16(2)27-28(24(22)29)20-10-8-18(9-11-20)25(30)31/h3-13,15,27H,1-2,14H2,(H,30,31)/b22-15-. The molecule has 0 spiro atoms. The smallest absolute Gasteiger partial charge is 0.338 e. The Morgan fingerprint density at radius 1 is 1.03 bits per heavy atom. The molecule has 4 rings (SSSR count). The monoisotopic (exact) mass is 456 g/mol. The summed E-state index contributed by atoms with van der Waals surface area (Å²) in [4.78, 5) is 35.9. The molecule has 0 bridgehead atoms. The van der Waals surface area contributed by atoms with E-state index in [-0.39, 0.29) is 17.7 Å². The van der Waals surface area contributed by atoms with Crippen LogP contribution in [0.5, 0.6) is 0 Å². The molecule has 0 aliphatic rings. The minimum atomic E-state index is -1.05. The van der Waals surface area contributed by atoms with Gasteiger partial charge in [-0.15, -0.1) is 0 Å². The van der Waals surface area contributed by atoms with Crippen molar-refractivity contribution < 1.29 is 23.8 Å². The zero-order valence-corrected chi connectivity index (χ0v) is 18.0.